The summed E-state index contributed by atoms with van der Waals surface area (Å²) in [6, 6.07) is 9.38. The predicted molar refractivity (Wildman–Crippen MR) is 52.9 cm³/mol. The van der Waals surface area contributed by atoms with Gasteiger partial charge in [0, 0.05) is 6.04 Å². The molecule has 2 N–H and O–H groups in total. The van der Waals surface area contributed by atoms with Crippen LogP contribution in [0.1, 0.15) is 23.6 Å². The number of rotatable bonds is 3. The smallest absolute Gasteiger partial charge is 0.0991 e. The average molecular weight is 172 g/mol. The normalized spacial score (nSPS) is 11.7. The van der Waals surface area contributed by atoms with Gasteiger partial charge in [0.2, 0.25) is 0 Å². The van der Waals surface area contributed by atoms with Crippen molar-refractivity contribution >= 4 is 0 Å². The van der Waals surface area contributed by atoms with Crippen LogP contribution in [-0.4, -0.2) is 0 Å². The Hall–Kier alpha value is -1.59. The molecule has 1 rings (SSSR count). The molecule has 0 aliphatic heterocycles. The van der Waals surface area contributed by atoms with Gasteiger partial charge < -0.3 is 5.73 Å². The standard InChI is InChI=1S/C11H12N2/c1-2-4-11(13)10-6-3-5-9(7-10)8-12/h2-3,5-7,11H,1,4,13H2/t11-/m0/s1. The topological polar surface area (TPSA) is 49.8 Å². The SMILES string of the molecule is C=CC[C@H](N)c1cccc(C#N)c1. The van der Waals surface area contributed by atoms with E-state index < -0.39 is 0 Å². The second kappa shape index (κ2) is 4.44. The molecular weight excluding hydrogens is 160 g/mol. The van der Waals surface area contributed by atoms with Crippen LogP contribution in [0.2, 0.25) is 0 Å². The van der Waals surface area contributed by atoms with Crippen molar-refractivity contribution in [1.82, 2.24) is 0 Å². The Morgan fingerprint density at radius 3 is 3.00 bits per heavy atom. The summed E-state index contributed by atoms with van der Waals surface area (Å²) in [4.78, 5) is 0. The number of benzene rings is 1. The van der Waals surface area contributed by atoms with Crippen LogP contribution in [0, 0.1) is 11.3 Å². The van der Waals surface area contributed by atoms with Gasteiger partial charge in [0.15, 0.2) is 0 Å². The van der Waals surface area contributed by atoms with Crippen LogP contribution in [0.3, 0.4) is 0 Å². The Morgan fingerprint density at radius 2 is 2.38 bits per heavy atom. The average Bonchev–Trinajstić information content (AvgIpc) is 2.18. The minimum Gasteiger partial charge on any atom is -0.324 e. The van der Waals surface area contributed by atoms with Gasteiger partial charge >= 0.3 is 0 Å². The number of hydrogen-bond acceptors (Lipinski definition) is 2. The molecule has 0 aromatic heterocycles. The van der Waals surface area contributed by atoms with Gasteiger partial charge in [-0.1, -0.05) is 18.2 Å². The van der Waals surface area contributed by atoms with Crippen molar-refractivity contribution in [2.24, 2.45) is 5.73 Å². The molecule has 0 saturated carbocycles. The minimum atomic E-state index is -0.0502. The molecule has 0 heterocycles. The quantitative estimate of drug-likeness (QED) is 0.710. The second-order valence-corrected chi connectivity index (χ2v) is 2.87. The fraction of sp³-hybridized carbons (Fsp3) is 0.182. The van der Waals surface area contributed by atoms with Crippen molar-refractivity contribution in [1.29, 1.82) is 5.26 Å². The van der Waals surface area contributed by atoms with Crippen LogP contribution in [0.4, 0.5) is 0 Å². The van der Waals surface area contributed by atoms with E-state index in [0.717, 1.165) is 12.0 Å². The summed E-state index contributed by atoms with van der Waals surface area (Å²) >= 11 is 0. The van der Waals surface area contributed by atoms with Crippen LogP contribution in [0.15, 0.2) is 36.9 Å². The van der Waals surface area contributed by atoms with Crippen molar-refractivity contribution in [3.05, 3.63) is 48.0 Å². The maximum absolute atomic E-state index is 8.66. The lowest BCUT2D eigenvalue weighted by Gasteiger charge is -2.08. The molecule has 66 valence electrons. The summed E-state index contributed by atoms with van der Waals surface area (Å²) in [6.45, 7) is 3.62. The van der Waals surface area contributed by atoms with Crippen molar-refractivity contribution in [3.8, 4) is 6.07 Å². The Kier molecular flexibility index (Phi) is 3.24. The van der Waals surface area contributed by atoms with E-state index in [2.05, 4.69) is 12.6 Å². The van der Waals surface area contributed by atoms with Crippen LogP contribution in [0.5, 0.6) is 0 Å². The highest BCUT2D eigenvalue weighted by Crippen LogP contribution is 2.15. The van der Waals surface area contributed by atoms with Gasteiger partial charge in [-0.2, -0.15) is 5.26 Å². The van der Waals surface area contributed by atoms with Crippen LogP contribution in [0.25, 0.3) is 0 Å². The van der Waals surface area contributed by atoms with Gasteiger partial charge in [-0.25, -0.2) is 0 Å². The molecule has 0 bridgehead atoms. The number of nitrogens with two attached hydrogens (primary N) is 1. The second-order valence-electron chi connectivity index (χ2n) is 2.87. The minimum absolute atomic E-state index is 0.0502. The largest absolute Gasteiger partial charge is 0.324 e. The summed E-state index contributed by atoms with van der Waals surface area (Å²) in [7, 11) is 0. The van der Waals surface area contributed by atoms with E-state index in [1.807, 2.05) is 18.2 Å². The fourth-order valence-corrected chi connectivity index (χ4v) is 1.15. The summed E-state index contributed by atoms with van der Waals surface area (Å²) in [6.07, 6.45) is 2.51. The Bertz CT molecular complexity index is 336. The maximum Gasteiger partial charge on any atom is 0.0991 e. The third-order valence-electron chi connectivity index (χ3n) is 1.86. The molecule has 0 amide bonds. The van der Waals surface area contributed by atoms with Crippen molar-refractivity contribution in [2.75, 3.05) is 0 Å². The van der Waals surface area contributed by atoms with E-state index in [0.29, 0.717) is 5.56 Å². The molecule has 0 aliphatic rings. The van der Waals surface area contributed by atoms with Gasteiger partial charge in [0.05, 0.1) is 11.6 Å². The van der Waals surface area contributed by atoms with Crippen LogP contribution in [-0.2, 0) is 0 Å². The monoisotopic (exact) mass is 172 g/mol. The van der Waals surface area contributed by atoms with Crippen molar-refractivity contribution in [3.63, 3.8) is 0 Å². The van der Waals surface area contributed by atoms with Gasteiger partial charge in [0.1, 0.15) is 0 Å². The lowest BCUT2D eigenvalue weighted by molar-refractivity contribution is 0.741. The third kappa shape index (κ3) is 2.43. The maximum atomic E-state index is 8.66. The summed E-state index contributed by atoms with van der Waals surface area (Å²) in [5, 5.41) is 8.66. The fourth-order valence-electron chi connectivity index (χ4n) is 1.15. The number of nitriles is 1. The molecule has 0 radical (unpaired) electrons. The molecule has 2 heteroatoms. The van der Waals surface area contributed by atoms with Crippen molar-refractivity contribution < 1.29 is 0 Å². The molecule has 0 spiro atoms. The van der Waals surface area contributed by atoms with Crippen molar-refractivity contribution in [2.45, 2.75) is 12.5 Å². The summed E-state index contributed by atoms with van der Waals surface area (Å²) < 4.78 is 0. The molecule has 1 atom stereocenters. The summed E-state index contributed by atoms with van der Waals surface area (Å²) in [5.74, 6) is 0. The third-order valence-corrected chi connectivity index (χ3v) is 1.86. The van der Waals surface area contributed by atoms with E-state index in [1.54, 1.807) is 12.1 Å². The molecule has 2 nitrogen and oxygen atoms in total. The number of nitrogens with zero attached hydrogens (tertiary/aromatic N) is 1. The van der Waals surface area contributed by atoms with Gasteiger partial charge in [-0.05, 0) is 24.1 Å². The first-order valence-electron chi connectivity index (χ1n) is 4.14. The van der Waals surface area contributed by atoms with Gasteiger partial charge in [-0.3, -0.25) is 0 Å². The van der Waals surface area contributed by atoms with Gasteiger partial charge in [0.25, 0.3) is 0 Å². The molecule has 0 fully saturated rings. The Balaban J connectivity index is 2.89. The first-order valence-corrected chi connectivity index (χ1v) is 4.14. The van der Waals surface area contributed by atoms with E-state index in [4.69, 9.17) is 11.0 Å². The lowest BCUT2D eigenvalue weighted by Crippen LogP contribution is -2.08. The highest BCUT2D eigenvalue weighted by Gasteiger charge is 2.03. The van der Waals surface area contributed by atoms with Gasteiger partial charge in [-0.15, -0.1) is 6.58 Å². The summed E-state index contributed by atoms with van der Waals surface area (Å²) in [5.41, 5.74) is 7.48. The van der Waals surface area contributed by atoms with E-state index in [1.165, 1.54) is 0 Å². The zero-order chi connectivity index (χ0) is 9.68. The first kappa shape index (κ1) is 9.50. The Morgan fingerprint density at radius 1 is 1.62 bits per heavy atom. The molecule has 0 aliphatic carbocycles. The van der Waals surface area contributed by atoms with Crippen LogP contribution >= 0.6 is 0 Å². The number of hydrogen-bond donors (Lipinski definition) is 1. The molecule has 1 aromatic carbocycles. The highest BCUT2D eigenvalue weighted by molar-refractivity contribution is 5.34. The Labute approximate surface area is 78.3 Å². The van der Waals surface area contributed by atoms with Crippen LogP contribution < -0.4 is 5.73 Å². The predicted octanol–water partition coefficient (Wildman–Crippen LogP) is 2.13. The zero-order valence-corrected chi connectivity index (χ0v) is 7.40. The molecule has 1 aromatic rings. The molecule has 0 saturated heterocycles. The van der Waals surface area contributed by atoms with E-state index in [9.17, 15) is 0 Å². The molecular formula is C11H12N2. The highest BCUT2D eigenvalue weighted by atomic mass is 14.6. The lowest BCUT2D eigenvalue weighted by atomic mass is 10.0. The molecule has 13 heavy (non-hydrogen) atoms. The molecule has 0 unspecified atom stereocenters. The first-order chi connectivity index (χ1) is 6.27. The van der Waals surface area contributed by atoms with E-state index in [-0.39, 0.29) is 6.04 Å². The van der Waals surface area contributed by atoms with E-state index >= 15 is 0 Å². The zero-order valence-electron chi connectivity index (χ0n) is 7.40.